The predicted octanol–water partition coefficient (Wildman–Crippen LogP) is 2.71. The number of carbonyl (C=O) groups is 1. The lowest BCUT2D eigenvalue weighted by molar-refractivity contribution is -0.128. The van der Waals surface area contributed by atoms with Gasteiger partial charge in [0.05, 0.1) is 13.7 Å². The van der Waals surface area contributed by atoms with Gasteiger partial charge < -0.3 is 25.0 Å². The van der Waals surface area contributed by atoms with E-state index in [1.807, 2.05) is 36.9 Å². The standard InChI is InChI=1S/C18H28N4O3.HI/c1-4-19-18(20-13-17(23)22-10-6-7-11-22)21-14-8-9-15(24-3)16(12-14)25-5-2;/h8-9,12H,4-7,10-11,13H2,1-3H3,(H2,19,20,21);1H. The summed E-state index contributed by atoms with van der Waals surface area (Å²) < 4.78 is 10.9. The first-order chi connectivity index (χ1) is 12.2. The Labute approximate surface area is 172 Å². The van der Waals surface area contributed by atoms with Crippen LogP contribution in [-0.4, -0.2) is 56.7 Å². The summed E-state index contributed by atoms with van der Waals surface area (Å²) in [5.41, 5.74) is 0.817. The smallest absolute Gasteiger partial charge is 0.244 e. The van der Waals surface area contributed by atoms with Crippen LogP contribution in [0.5, 0.6) is 11.5 Å². The van der Waals surface area contributed by atoms with E-state index in [4.69, 9.17) is 9.47 Å². The highest BCUT2D eigenvalue weighted by molar-refractivity contribution is 14.0. The minimum atomic E-state index is 0. The van der Waals surface area contributed by atoms with Crippen molar-refractivity contribution in [2.45, 2.75) is 26.7 Å². The van der Waals surface area contributed by atoms with Crippen molar-refractivity contribution < 1.29 is 14.3 Å². The minimum absolute atomic E-state index is 0. The largest absolute Gasteiger partial charge is 0.493 e. The Kier molecular flexibility index (Phi) is 10.2. The molecule has 26 heavy (non-hydrogen) atoms. The number of rotatable bonds is 7. The summed E-state index contributed by atoms with van der Waals surface area (Å²) >= 11 is 0. The quantitative estimate of drug-likeness (QED) is 0.360. The highest BCUT2D eigenvalue weighted by atomic mass is 127. The number of guanidine groups is 1. The zero-order valence-corrected chi connectivity index (χ0v) is 18.0. The molecule has 0 unspecified atom stereocenters. The molecule has 1 aliphatic rings. The van der Waals surface area contributed by atoms with Crippen molar-refractivity contribution in [1.29, 1.82) is 0 Å². The Morgan fingerprint density at radius 1 is 1.23 bits per heavy atom. The molecular formula is C18H29IN4O3. The lowest BCUT2D eigenvalue weighted by atomic mass is 10.2. The van der Waals surface area contributed by atoms with Gasteiger partial charge >= 0.3 is 0 Å². The summed E-state index contributed by atoms with van der Waals surface area (Å²) in [5.74, 6) is 1.99. The average Bonchev–Trinajstić information content (AvgIpc) is 3.15. The molecule has 0 radical (unpaired) electrons. The van der Waals surface area contributed by atoms with E-state index in [1.54, 1.807) is 7.11 Å². The number of amides is 1. The fourth-order valence-corrected chi connectivity index (χ4v) is 2.68. The lowest BCUT2D eigenvalue weighted by Gasteiger charge is -2.16. The van der Waals surface area contributed by atoms with Gasteiger partial charge in [-0.25, -0.2) is 4.99 Å². The van der Waals surface area contributed by atoms with E-state index in [0.29, 0.717) is 30.6 Å². The highest BCUT2D eigenvalue weighted by Gasteiger charge is 2.17. The Morgan fingerprint density at radius 2 is 1.96 bits per heavy atom. The zero-order chi connectivity index (χ0) is 18.1. The van der Waals surface area contributed by atoms with Gasteiger partial charge in [-0.15, -0.1) is 24.0 Å². The van der Waals surface area contributed by atoms with Crippen LogP contribution in [-0.2, 0) is 4.79 Å². The third-order valence-corrected chi connectivity index (χ3v) is 3.90. The maximum absolute atomic E-state index is 12.2. The average molecular weight is 476 g/mol. The second-order valence-corrected chi connectivity index (χ2v) is 5.71. The second kappa shape index (κ2) is 11.8. The number of carbonyl (C=O) groups excluding carboxylic acids is 1. The van der Waals surface area contributed by atoms with Crippen molar-refractivity contribution in [1.82, 2.24) is 10.2 Å². The van der Waals surface area contributed by atoms with Gasteiger partial charge in [0.15, 0.2) is 17.5 Å². The molecule has 7 nitrogen and oxygen atoms in total. The number of ether oxygens (including phenoxy) is 2. The van der Waals surface area contributed by atoms with Crippen molar-refractivity contribution in [3.8, 4) is 11.5 Å². The van der Waals surface area contributed by atoms with Gasteiger partial charge in [0, 0.05) is 31.4 Å². The van der Waals surface area contributed by atoms with Crippen LogP contribution in [0.4, 0.5) is 5.69 Å². The van der Waals surface area contributed by atoms with E-state index in [-0.39, 0.29) is 36.4 Å². The number of hydrogen-bond donors (Lipinski definition) is 2. The van der Waals surface area contributed by atoms with Crippen LogP contribution < -0.4 is 20.1 Å². The first kappa shape index (κ1) is 22.3. The number of nitrogens with zero attached hydrogens (tertiary/aromatic N) is 2. The number of hydrogen-bond acceptors (Lipinski definition) is 4. The van der Waals surface area contributed by atoms with Crippen molar-refractivity contribution >= 4 is 41.5 Å². The minimum Gasteiger partial charge on any atom is -0.493 e. The Morgan fingerprint density at radius 3 is 2.58 bits per heavy atom. The van der Waals surface area contributed by atoms with Gasteiger partial charge in [-0.1, -0.05) is 0 Å². The Balaban J connectivity index is 0.00000338. The molecule has 0 aliphatic carbocycles. The molecule has 8 heteroatoms. The van der Waals surface area contributed by atoms with Crippen LogP contribution in [0.3, 0.4) is 0 Å². The van der Waals surface area contributed by atoms with Gasteiger partial charge in [-0.05, 0) is 38.8 Å². The van der Waals surface area contributed by atoms with Crippen molar-refractivity contribution in [3.63, 3.8) is 0 Å². The van der Waals surface area contributed by atoms with E-state index in [1.165, 1.54) is 0 Å². The van der Waals surface area contributed by atoms with Crippen molar-refractivity contribution in [3.05, 3.63) is 18.2 Å². The number of likely N-dealkylation sites (tertiary alicyclic amines) is 1. The number of methoxy groups -OCH3 is 1. The van der Waals surface area contributed by atoms with E-state index in [0.717, 1.165) is 31.6 Å². The predicted molar refractivity (Wildman–Crippen MR) is 115 cm³/mol. The Bertz CT molecular complexity index is 604. The molecule has 0 spiro atoms. The summed E-state index contributed by atoms with van der Waals surface area (Å²) in [6, 6.07) is 5.58. The third-order valence-electron chi connectivity index (χ3n) is 3.90. The molecular weight excluding hydrogens is 447 g/mol. The summed E-state index contributed by atoms with van der Waals surface area (Å²) in [6.45, 7) is 7.00. The number of halogens is 1. The summed E-state index contributed by atoms with van der Waals surface area (Å²) in [5, 5.41) is 6.36. The maximum atomic E-state index is 12.2. The SMILES string of the molecule is CCNC(=NCC(=O)N1CCCC1)Nc1ccc(OC)c(OCC)c1.I. The molecule has 1 saturated heterocycles. The fraction of sp³-hybridized carbons (Fsp3) is 0.556. The summed E-state index contributed by atoms with van der Waals surface area (Å²) in [4.78, 5) is 18.4. The molecule has 0 bridgehead atoms. The van der Waals surface area contributed by atoms with Gasteiger partial charge in [-0.2, -0.15) is 0 Å². The molecule has 0 atom stereocenters. The number of aliphatic imine (C=N–C) groups is 1. The molecule has 2 N–H and O–H groups in total. The maximum Gasteiger partial charge on any atom is 0.244 e. The molecule has 1 aliphatic heterocycles. The summed E-state index contributed by atoms with van der Waals surface area (Å²) in [6.07, 6.45) is 2.17. The number of benzene rings is 1. The molecule has 1 heterocycles. The Hall–Kier alpha value is -1.71. The third kappa shape index (κ3) is 6.54. The highest BCUT2D eigenvalue weighted by Crippen LogP contribution is 2.30. The van der Waals surface area contributed by atoms with Crippen LogP contribution >= 0.6 is 24.0 Å². The van der Waals surface area contributed by atoms with Crippen LogP contribution in [0.25, 0.3) is 0 Å². The van der Waals surface area contributed by atoms with Gasteiger partial charge in [-0.3, -0.25) is 4.79 Å². The van der Waals surface area contributed by atoms with Crippen molar-refractivity contribution in [2.24, 2.45) is 4.99 Å². The van der Waals surface area contributed by atoms with E-state index >= 15 is 0 Å². The molecule has 1 aromatic carbocycles. The van der Waals surface area contributed by atoms with Gasteiger partial charge in [0.1, 0.15) is 6.54 Å². The van der Waals surface area contributed by atoms with Crippen LogP contribution in [0, 0.1) is 0 Å². The van der Waals surface area contributed by atoms with Crippen molar-refractivity contribution in [2.75, 3.05) is 45.2 Å². The zero-order valence-electron chi connectivity index (χ0n) is 15.7. The fourth-order valence-electron chi connectivity index (χ4n) is 2.68. The molecule has 1 fully saturated rings. The molecule has 1 amide bonds. The first-order valence-electron chi connectivity index (χ1n) is 8.81. The monoisotopic (exact) mass is 476 g/mol. The topological polar surface area (TPSA) is 75.2 Å². The lowest BCUT2D eigenvalue weighted by Crippen LogP contribution is -2.34. The normalized spacial score (nSPS) is 13.8. The summed E-state index contributed by atoms with van der Waals surface area (Å²) in [7, 11) is 1.61. The number of anilines is 1. The van der Waals surface area contributed by atoms with Crippen LogP contribution in [0.15, 0.2) is 23.2 Å². The van der Waals surface area contributed by atoms with E-state index < -0.39 is 0 Å². The van der Waals surface area contributed by atoms with E-state index in [9.17, 15) is 4.79 Å². The number of nitrogens with one attached hydrogen (secondary N) is 2. The van der Waals surface area contributed by atoms with Crippen LogP contribution in [0.1, 0.15) is 26.7 Å². The van der Waals surface area contributed by atoms with Gasteiger partial charge in [0.2, 0.25) is 5.91 Å². The second-order valence-electron chi connectivity index (χ2n) is 5.71. The molecule has 1 aromatic rings. The van der Waals surface area contributed by atoms with Gasteiger partial charge in [0.25, 0.3) is 0 Å². The van der Waals surface area contributed by atoms with E-state index in [2.05, 4.69) is 15.6 Å². The first-order valence-corrected chi connectivity index (χ1v) is 8.81. The van der Waals surface area contributed by atoms with Crippen LogP contribution in [0.2, 0.25) is 0 Å². The molecule has 0 saturated carbocycles. The molecule has 0 aromatic heterocycles. The molecule has 2 rings (SSSR count). The molecule has 146 valence electrons.